The van der Waals surface area contributed by atoms with Gasteiger partial charge in [-0.3, -0.25) is 0 Å². The van der Waals surface area contributed by atoms with Crippen LogP contribution in [0.1, 0.15) is 38.8 Å². The molecule has 0 amide bonds. The van der Waals surface area contributed by atoms with Crippen molar-refractivity contribution >= 4 is 11.0 Å². The SMILES string of the molecule is CC(NC1CC1(C)C)c1ccc2[nH]c(=O)[nH]c2c1. The summed E-state index contributed by atoms with van der Waals surface area (Å²) >= 11 is 0. The van der Waals surface area contributed by atoms with E-state index in [0.29, 0.717) is 17.5 Å². The van der Waals surface area contributed by atoms with Gasteiger partial charge in [-0.15, -0.1) is 0 Å². The van der Waals surface area contributed by atoms with E-state index in [1.807, 2.05) is 12.1 Å². The molecule has 18 heavy (non-hydrogen) atoms. The highest BCUT2D eigenvalue weighted by atomic mass is 16.1. The summed E-state index contributed by atoms with van der Waals surface area (Å²) in [5.74, 6) is 0. The second-order valence-corrected chi connectivity index (χ2v) is 6.02. The molecule has 1 saturated carbocycles. The normalized spacial score (nSPS) is 23.2. The van der Waals surface area contributed by atoms with Gasteiger partial charge in [0.1, 0.15) is 0 Å². The van der Waals surface area contributed by atoms with Crippen molar-refractivity contribution in [1.82, 2.24) is 15.3 Å². The summed E-state index contributed by atoms with van der Waals surface area (Å²) in [4.78, 5) is 16.8. The molecule has 2 atom stereocenters. The topological polar surface area (TPSA) is 60.7 Å². The Morgan fingerprint density at radius 2 is 2.00 bits per heavy atom. The van der Waals surface area contributed by atoms with E-state index in [4.69, 9.17) is 0 Å². The lowest BCUT2D eigenvalue weighted by Crippen LogP contribution is -2.24. The van der Waals surface area contributed by atoms with Crippen LogP contribution in [0.2, 0.25) is 0 Å². The Morgan fingerprint density at radius 3 is 2.67 bits per heavy atom. The fraction of sp³-hybridized carbons (Fsp3) is 0.500. The van der Waals surface area contributed by atoms with Crippen LogP contribution in [0.25, 0.3) is 11.0 Å². The van der Waals surface area contributed by atoms with Crippen LogP contribution in [0.5, 0.6) is 0 Å². The van der Waals surface area contributed by atoms with Gasteiger partial charge in [-0.25, -0.2) is 4.79 Å². The average Bonchev–Trinajstić information content (AvgIpc) is 2.71. The van der Waals surface area contributed by atoms with Gasteiger partial charge in [-0.05, 0) is 36.5 Å². The van der Waals surface area contributed by atoms with Gasteiger partial charge in [0.05, 0.1) is 11.0 Å². The van der Waals surface area contributed by atoms with Gasteiger partial charge in [0.15, 0.2) is 0 Å². The number of H-pyrrole nitrogens is 2. The van der Waals surface area contributed by atoms with Crippen molar-refractivity contribution in [2.75, 3.05) is 0 Å². The first-order valence-electron chi connectivity index (χ1n) is 6.44. The minimum atomic E-state index is -0.147. The highest BCUT2D eigenvalue weighted by Crippen LogP contribution is 2.45. The number of hydrogen-bond donors (Lipinski definition) is 3. The number of hydrogen-bond acceptors (Lipinski definition) is 2. The summed E-state index contributed by atoms with van der Waals surface area (Å²) in [5.41, 5.74) is 3.23. The first-order chi connectivity index (χ1) is 8.45. The van der Waals surface area contributed by atoms with Crippen molar-refractivity contribution < 1.29 is 0 Å². The zero-order chi connectivity index (χ0) is 12.9. The lowest BCUT2D eigenvalue weighted by molar-refractivity contribution is 0.492. The predicted molar refractivity (Wildman–Crippen MR) is 72.7 cm³/mol. The summed E-state index contributed by atoms with van der Waals surface area (Å²) in [7, 11) is 0. The molecular weight excluding hydrogens is 226 g/mol. The second kappa shape index (κ2) is 3.72. The zero-order valence-electron chi connectivity index (χ0n) is 11.0. The monoisotopic (exact) mass is 245 g/mol. The van der Waals surface area contributed by atoms with Gasteiger partial charge in [0.25, 0.3) is 0 Å². The Labute approximate surface area is 106 Å². The van der Waals surface area contributed by atoms with Gasteiger partial charge >= 0.3 is 5.69 Å². The quantitative estimate of drug-likeness (QED) is 0.777. The number of benzene rings is 1. The molecule has 0 saturated heterocycles. The molecule has 0 spiro atoms. The Bertz CT molecular complexity index is 638. The van der Waals surface area contributed by atoms with Gasteiger partial charge in [-0.1, -0.05) is 19.9 Å². The lowest BCUT2D eigenvalue weighted by Gasteiger charge is -2.15. The molecule has 3 N–H and O–H groups in total. The third-order valence-electron chi connectivity index (χ3n) is 4.00. The summed E-state index contributed by atoms with van der Waals surface area (Å²) in [6.45, 7) is 6.73. The molecule has 96 valence electrons. The van der Waals surface area contributed by atoms with Crippen LogP contribution >= 0.6 is 0 Å². The van der Waals surface area contributed by atoms with E-state index in [-0.39, 0.29) is 5.69 Å². The second-order valence-electron chi connectivity index (χ2n) is 6.02. The molecule has 1 heterocycles. The Morgan fingerprint density at radius 1 is 1.33 bits per heavy atom. The van der Waals surface area contributed by atoms with E-state index in [1.54, 1.807) is 0 Å². The third-order valence-corrected chi connectivity index (χ3v) is 4.00. The molecule has 0 radical (unpaired) electrons. The highest BCUT2D eigenvalue weighted by molar-refractivity contribution is 5.75. The van der Waals surface area contributed by atoms with Gasteiger partial charge in [-0.2, -0.15) is 0 Å². The summed E-state index contributed by atoms with van der Waals surface area (Å²) in [6, 6.07) is 6.98. The highest BCUT2D eigenvalue weighted by Gasteiger charge is 2.45. The number of imidazole rings is 1. The van der Waals surface area contributed by atoms with Crippen LogP contribution in [-0.2, 0) is 0 Å². The van der Waals surface area contributed by atoms with Crippen LogP contribution < -0.4 is 11.0 Å². The molecule has 4 heteroatoms. The maximum absolute atomic E-state index is 11.2. The molecule has 0 aliphatic heterocycles. The Hall–Kier alpha value is -1.55. The molecule has 3 rings (SSSR count). The maximum atomic E-state index is 11.2. The minimum Gasteiger partial charge on any atom is -0.307 e. The lowest BCUT2D eigenvalue weighted by atomic mass is 10.1. The molecule has 0 bridgehead atoms. The van der Waals surface area contributed by atoms with Crippen LogP contribution in [0.15, 0.2) is 23.0 Å². The molecule has 1 aromatic carbocycles. The van der Waals surface area contributed by atoms with E-state index in [2.05, 4.69) is 42.1 Å². The number of rotatable bonds is 3. The van der Waals surface area contributed by atoms with Crippen LogP contribution in [0.3, 0.4) is 0 Å². The van der Waals surface area contributed by atoms with Crippen molar-refractivity contribution in [1.29, 1.82) is 0 Å². The smallest absolute Gasteiger partial charge is 0.307 e. The van der Waals surface area contributed by atoms with Crippen LogP contribution in [0.4, 0.5) is 0 Å². The van der Waals surface area contributed by atoms with E-state index < -0.39 is 0 Å². The standard InChI is InChI=1S/C14H19N3O/c1-8(15-12-7-14(12,2)3)9-4-5-10-11(6-9)17-13(18)16-10/h4-6,8,12,15H,7H2,1-3H3,(H2,16,17,18). The fourth-order valence-corrected chi connectivity index (χ4v) is 2.47. The largest absolute Gasteiger partial charge is 0.323 e. The molecule has 2 aromatic rings. The van der Waals surface area contributed by atoms with Crippen molar-refractivity contribution in [3.8, 4) is 0 Å². The summed E-state index contributed by atoms with van der Waals surface area (Å²) in [5, 5.41) is 3.63. The van der Waals surface area contributed by atoms with E-state index in [1.165, 1.54) is 12.0 Å². The fourth-order valence-electron chi connectivity index (χ4n) is 2.47. The number of aromatic amines is 2. The van der Waals surface area contributed by atoms with Gasteiger partial charge < -0.3 is 15.3 Å². The number of nitrogens with one attached hydrogen (secondary N) is 3. The van der Waals surface area contributed by atoms with Crippen molar-refractivity contribution in [2.45, 2.75) is 39.3 Å². The zero-order valence-corrected chi connectivity index (χ0v) is 11.0. The molecule has 1 aliphatic rings. The summed E-state index contributed by atoms with van der Waals surface area (Å²) in [6.07, 6.45) is 1.24. The van der Waals surface area contributed by atoms with E-state index in [9.17, 15) is 4.79 Å². The van der Waals surface area contributed by atoms with Crippen molar-refractivity contribution in [3.63, 3.8) is 0 Å². The van der Waals surface area contributed by atoms with Gasteiger partial charge in [0, 0.05) is 12.1 Å². The Kier molecular flexibility index (Phi) is 2.38. The average molecular weight is 245 g/mol. The molecule has 1 fully saturated rings. The third kappa shape index (κ3) is 1.97. The number of aromatic nitrogens is 2. The number of fused-ring (bicyclic) bond motifs is 1. The summed E-state index contributed by atoms with van der Waals surface area (Å²) < 4.78 is 0. The van der Waals surface area contributed by atoms with Crippen molar-refractivity contribution in [2.24, 2.45) is 5.41 Å². The maximum Gasteiger partial charge on any atom is 0.323 e. The van der Waals surface area contributed by atoms with Crippen LogP contribution in [-0.4, -0.2) is 16.0 Å². The first kappa shape index (κ1) is 11.5. The minimum absolute atomic E-state index is 0.147. The van der Waals surface area contributed by atoms with Gasteiger partial charge in [0.2, 0.25) is 0 Å². The van der Waals surface area contributed by atoms with E-state index in [0.717, 1.165) is 11.0 Å². The molecule has 2 unspecified atom stereocenters. The van der Waals surface area contributed by atoms with Crippen LogP contribution in [0, 0.1) is 5.41 Å². The van der Waals surface area contributed by atoms with Crippen molar-refractivity contribution in [3.05, 3.63) is 34.2 Å². The molecule has 1 aliphatic carbocycles. The molecule has 4 nitrogen and oxygen atoms in total. The molecular formula is C14H19N3O. The van der Waals surface area contributed by atoms with E-state index >= 15 is 0 Å². The first-order valence-corrected chi connectivity index (χ1v) is 6.44. The molecule has 1 aromatic heterocycles. The predicted octanol–water partition coefficient (Wildman–Crippen LogP) is 2.31. The Balaban J connectivity index is 1.83.